The molecule has 0 saturated carbocycles. The highest BCUT2D eigenvalue weighted by Crippen LogP contribution is 2.34. The lowest BCUT2D eigenvalue weighted by molar-refractivity contribution is -0.137. The molecule has 0 amide bonds. The Balaban J connectivity index is 3.04. The molecule has 2 N–H and O–H groups in total. The van der Waals surface area contributed by atoms with Gasteiger partial charge in [0.25, 0.3) is 0 Å². The predicted molar refractivity (Wildman–Crippen MR) is 56.9 cm³/mol. The first-order valence-electron chi connectivity index (χ1n) is 3.94. The zero-order chi connectivity index (χ0) is 11.6. The van der Waals surface area contributed by atoms with Gasteiger partial charge in [0, 0.05) is 6.42 Å². The molecule has 0 unspecified atom stereocenters. The van der Waals surface area contributed by atoms with Crippen LogP contribution in [0.1, 0.15) is 11.1 Å². The number of thiocarbonyl (C=S) groups is 1. The Morgan fingerprint density at radius 2 is 2.00 bits per heavy atom. The molecule has 0 aliphatic rings. The van der Waals surface area contributed by atoms with E-state index in [0.717, 1.165) is 6.07 Å². The molecule has 1 aromatic carbocycles. The molecule has 0 heterocycles. The number of halogens is 4. The van der Waals surface area contributed by atoms with E-state index in [1.54, 1.807) is 0 Å². The minimum absolute atomic E-state index is 0.214. The second-order valence-corrected chi connectivity index (χ2v) is 3.89. The molecule has 0 radical (unpaired) electrons. The first kappa shape index (κ1) is 12.3. The van der Waals surface area contributed by atoms with Crippen LogP contribution in [0, 0.1) is 0 Å². The number of nitrogens with two attached hydrogens (primary N) is 1. The smallest absolute Gasteiger partial charge is 0.393 e. The van der Waals surface area contributed by atoms with Gasteiger partial charge in [-0.3, -0.25) is 0 Å². The zero-order valence-electron chi connectivity index (χ0n) is 7.44. The van der Waals surface area contributed by atoms with Gasteiger partial charge < -0.3 is 5.73 Å². The lowest BCUT2D eigenvalue weighted by atomic mass is 10.1. The highest BCUT2D eigenvalue weighted by Gasteiger charge is 2.32. The maximum atomic E-state index is 12.3. The summed E-state index contributed by atoms with van der Waals surface area (Å²) in [5.41, 5.74) is 4.98. The summed E-state index contributed by atoms with van der Waals surface area (Å²) in [6.07, 6.45) is -4.19. The van der Waals surface area contributed by atoms with Crippen molar-refractivity contribution < 1.29 is 13.2 Å². The summed E-state index contributed by atoms with van der Waals surface area (Å²) in [6, 6.07) is 3.47. The number of alkyl halides is 3. The zero-order valence-corrected chi connectivity index (χ0v) is 9.01. The molecule has 1 nitrogen and oxygen atoms in total. The highest BCUT2D eigenvalue weighted by molar-refractivity contribution is 7.80. The average molecular weight is 254 g/mol. The van der Waals surface area contributed by atoms with Crippen LogP contribution < -0.4 is 5.73 Å². The first-order valence-corrected chi connectivity index (χ1v) is 4.73. The van der Waals surface area contributed by atoms with Gasteiger partial charge in [-0.25, -0.2) is 0 Å². The minimum Gasteiger partial charge on any atom is -0.393 e. The van der Waals surface area contributed by atoms with Crippen molar-refractivity contribution in [2.75, 3.05) is 0 Å². The fraction of sp³-hybridized carbons (Fsp3) is 0.222. The van der Waals surface area contributed by atoms with Crippen molar-refractivity contribution in [2.45, 2.75) is 12.6 Å². The van der Waals surface area contributed by atoms with Gasteiger partial charge >= 0.3 is 6.18 Å². The lowest BCUT2D eigenvalue weighted by Crippen LogP contribution is -2.12. The fourth-order valence-electron chi connectivity index (χ4n) is 1.10. The van der Waals surface area contributed by atoms with Gasteiger partial charge in [0.2, 0.25) is 0 Å². The van der Waals surface area contributed by atoms with Gasteiger partial charge in [-0.15, -0.1) is 0 Å². The van der Waals surface area contributed by atoms with Crippen LogP contribution >= 0.6 is 23.8 Å². The first-order chi connectivity index (χ1) is 6.80. The summed E-state index contributed by atoms with van der Waals surface area (Å²) in [5, 5.41) is -0.337. The molecule has 0 fully saturated rings. The van der Waals surface area contributed by atoms with E-state index in [4.69, 9.17) is 17.3 Å². The molecule has 0 aliphatic heterocycles. The van der Waals surface area contributed by atoms with Crippen molar-refractivity contribution in [3.05, 3.63) is 34.3 Å². The van der Waals surface area contributed by atoms with Crippen molar-refractivity contribution >= 4 is 28.8 Å². The lowest BCUT2D eigenvalue weighted by Gasteiger charge is -2.09. The molecule has 0 aromatic heterocycles. The summed E-state index contributed by atoms with van der Waals surface area (Å²) < 4.78 is 36.9. The average Bonchev–Trinajstić information content (AvgIpc) is 1.99. The van der Waals surface area contributed by atoms with Crippen LogP contribution in [0.2, 0.25) is 5.02 Å². The third kappa shape index (κ3) is 3.35. The molecule has 0 saturated heterocycles. The number of benzene rings is 1. The second-order valence-electron chi connectivity index (χ2n) is 2.96. The normalized spacial score (nSPS) is 11.5. The number of hydrogen-bond donors (Lipinski definition) is 1. The molecule has 1 rings (SSSR count). The number of rotatable bonds is 2. The standard InChI is InChI=1S/C9H7ClF3NS/c10-7-3-5(4-8(14)15)1-2-6(7)9(11,12)13/h1-3H,4H2,(H2,14,15). The van der Waals surface area contributed by atoms with Crippen LogP contribution in [-0.2, 0) is 12.6 Å². The van der Waals surface area contributed by atoms with Crippen molar-refractivity contribution in [3.63, 3.8) is 0 Å². The predicted octanol–water partition coefficient (Wildman–Crippen LogP) is 3.19. The molecule has 0 atom stereocenters. The van der Waals surface area contributed by atoms with E-state index >= 15 is 0 Å². The Hall–Kier alpha value is -0.810. The maximum Gasteiger partial charge on any atom is 0.417 e. The highest BCUT2D eigenvalue weighted by atomic mass is 35.5. The van der Waals surface area contributed by atoms with E-state index < -0.39 is 11.7 Å². The topological polar surface area (TPSA) is 26.0 Å². The van der Waals surface area contributed by atoms with Crippen LogP contribution in [-0.4, -0.2) is 4.99 Å². The summed E-state index contributed by atoms with van der Waals surface area (Å²) in [5.74, 6) is 0. The monoisotopic (exact) mass is 253 g/mol. The van der Waals surface area contributed by atoms with Gasteiger partial charge in [0.15, 0.2) is 0 Å². The summed E-state index contributed by atoms with van der Waals surface area (Å²) in [4.78, 5) is 0.214. The molecular formula is C9H7ClF3NS. The Kier molecular flexibility index (Phi) is 3.57. The van der Waals surface area contributed by atoms with E-state index in [1.165, 1.54) is 12.1 Å². The van der Waals surface area contributed by atoms with E-state index in [1.807, 2.05) is 0 Å². The van der Waals surface area contributed by atoms with Crippen molar-refractivity contribution in [1.29, 1.82) is 0 Å². The quantitative estimate of drug-likeness (QED) is 0.820. The maximum absolute atomic E-state index is 12.3. The molecule has 82 valence electrons. The van der Waals surface area contributed by atoms with Crippen LogP contribution in [0.4, 0.5) is 13.2 Å². The van der Waals surface area contributed by atoms with Crippen molar-refractivity contribution in [2.24, 2.45) is 5.73 Å². The SMILES string of the molecule is NC(=S)Cc1ccc(C(F)(F)F)c(Cl)c1. The van der Waals surface area contributed by atoms with Crippen molar-refractivity contribution in [1.82, 2.24) is 0 Å². The number of hydrogen-bond acceptors (Lipinski definition) is 1. The van der Waals surface area contributed by atoms with Crippen molar-refractivity contribution in [3.8, 4) is 0 Å². The van der Waals surface area contributed by atoms with Gasteiger partial charge in [0.1, 0.15) is 0 Å². The fourth-order valence-corrected chi connectivity index (χ4v) is 1.58. The molecular weight excluding hydrogens is 247 g/mol. The third-order valence-electron chi connectivity index (χ3n) is 1.72. The molecule has 6 heteroatoms. The summed E-state index contributed by atoms with van der Waals surface area (Å²) in [6.45, 7) is 0. The summed E-state index contributed by atoms with van der Waals surface area (Å²) in [7, 11) is 0. The molecule has 0 aliphatic carbocycles. The van der Waals surface area contributed by atoms with Crippen LogP contribution in [0.15, 0.2) is 18.2 Å². The van der Waals surface area contributed by atoms with E-state index in [2.05, 4.69) is 12.2 Å². The largest absolute Gasteiger partial charge is 0.417 e. The molecule has 1 aromatic rings. The van der Waals surface area contributed by atoms with E-state index in [0.29, 0.717) is 5.56 Å². The van der Waals surface area contributed by atoms with Gasteiger partial charge in [0.05, 0.1) is 15.6 Å². The molecule has 0 spiro atoms. The van der Waals surface area contributed by atoms with Crippen LogP contribution in [0.25, 0.3) is 0 Å². The van der Waals surface area contributed by atoms with Crippen LogP contribution in [0.5, 0.6) is 0 Å². The van der Waals surface area contributed by atoms with E-state index in [-0.39, 0.29) is 16.4 Å². The third-order valence-corrected chi connectivity index (χ3v) is 2.17. The molecule has 15 heavy (non-hydrogen) atoms. The Morgan fingerprint density at radius 1 is 1.40 bits per heavy atom. The summed E-state index contributed by atoms with van der Waals surface area (Å²) >= 11 is 10.1. The Bertz CT molecular complexity index is 389. The Morgan fingerprint density at radius 3 is 2.40 bits per heavy atom. The van der Waals surface area contributed by atoms with Gasteiger partial charge in [-0.2, -0.15) is 13.2 Å². The van der Waals surface area contributed by atoms with Gasteiger partial charge in [-0.05, 0) is 17.7 Å². The second kappa shape index (κ2) is 4.37. The minimum atomic E-state index is -4.43. The molecule has 0 bridgehead atoms. The van der Waals surface area contributed by atoms with Crippen LogP contribution in [0.3, 0.4) is 0 Å². The van der Waals surface area contributed by atoms with Gasteiger partial charge in [-0.1, -0.05) is 29.9 Å². The van der Waals surface area contributed by atoms with E-state index in [9.17, 15) is 13.2 Å². The Labute approximate surface area is 95.0 Å².